The summed E-state index contributed by atoms with van der Waals surface area (Å²) in [5.74, 6) is 0.472. The molecule has 1 aromatic carbocycles. The van der Waals surface area contributed by atoms with E-state index in [-0.39, 0.29) is 12.7 Å². The lowest BCUT2D eigenvalue weighted by molar-refractivity contribution is -0.149. The highest BCUT2D eigenvalue weighted by Gasteiger charge is 2.11. The van der Waals surface area contributed by atoms with Crippen LogP contribution in [0.2, 0.25) is 0 Å². The molecule has 1 N–H and O–H groups in total. The molecule has 0 aliphatic heterocycles. The standard InChI is InChI=1S/C14H20O5/c1-9(2)19-14(16)8-18-12-6-5-11(10(3)15)7-13(12)17-4/h5-7,9-10,15H,8H2,1-4H3/t10-/m0/s1. The first-order chi connectivity index (χ1) is 8.93. The number of methoxy groups -OCH3 is 1. The Morgan fingerprint density at radius 2 is 1.95 bits per heavy atom. The highest BCUT2D eigenvalue weighted by molar-refractivity contribution is 5.71. The van der Waals surface area contributed by atoms with Gasteiger partial charge in [-0.2, -0.15) is 0 Å². The fourth-order valence-corrected chi connectivity index (χ4v) is 1.50. The van der Waals surface area contributed by atoms with Gasteiger partial charge in [0, 0.05) is 0 Å². The molecule has 0 unspecified atom stereocenters. The Hall–Kier alpha value is -1.75. The molecule has 5 heteroatoms. The number of esters is 1. The molecule has 0 fully saturated rings. The van der Waals surface area contributed by atoms with E-state index in [2.05, 4.69) is 0 Å². The van der Waals surface area contributed by atoms with E-state index in [1.54, 1.807) is 39.0 Å². The number of hydrogen-bond acceptors (Lipinski definition) is 5. The summed E-state index contributed by atoms with van der Waals surface area (Å²) in [6.45, 7) is 5.03. The van der Waals surface area contributed by atoms with Crippen LogP contribution >= 0.6 is 0 Å². The molecule has 0 aromatic heterocycles. The van der Waals surface area contributed by atoms with E-state index in [9.17, 15) is 9.90 Å². The van der Waals surface area contributed by atoms with Crippen molar-refractivity contribution in [2.75, 3.05) is 13.7 Å². The van der Waals surface area contributed by atoms with Crippen molar-refractivity contribution >= 4 is 5.97 Å². The van der Waals surface area contributed by atoms with Gasteiger partial charge in [-0.05, 0) is 38.5 Å². The minimum Gasteiger partial charge on any atom is -0.493 e. The van der Waals surface area contributed by atoms with Crippen molar-refractivity contribution in [1.29, 1.82) is 0 Å². The van der Waals surface area contributed by atoms with Gasteiger partial charge in [0.15, 0.2) is 18.1 Å². The van der Waals surface area contributed by atoms with Crippen LogP contribution < -0.4 is 9.47 Å². The number of hydrogen-bond donors (Lipinski definition) is 1. The molecule has 0 spiro atoms. The summed E-state index contributed by atoms with van der Waals surface area (Å²) >= 11 is 0. The molecule has 0 bridgehead atoms. The Kier molecular flexibility index (Phi) is 5.63. The molecule has 0 radical (unpaired) electrons. The van der Waals surface area contributed by atoms with Gasteiger partial charge in [-0.15, -0.1) is 0 Å². The van der Waals surface area contributed by atoms with Crippen molar-refractivity contribution < 1.29 is 24.1 Å². The summed E-state index contributed by atoms with van der Waals surface area (Å²) < 4.78 is 15.5. The van der Waals surface area contributed by atoms with Crippen molar-refractivity contribution in [3.63, 3.8) is 0 Å². The fraction of sp³-hybridized carbons (Fsp3) is 0.500. The van der Waals surface area contributed by atoms with Gasteiger partial charge in [0.2, 0.25) is 0 Å². The molecule has 1 atom stereocenters. The second-order valence-corrected chi connectivity index (χ2v) is 4.41. The molecule has 1 rings (SSSR count). The second kappa shape index (κ2) is 6.99. The number of benzene rings is 1. The summed E-state index contributed by atoms with van der Waals surface area (Å²) in [5.41, 5.74) is 0.717. The van der Waals surface area contributed by atoms with Crippen LogP contribution in [0.5, 0.6) is 11.5 Å². The zero-order valence-corrected chi connectivity index (χ0v) is 11.7. The van der Waals surface area contributed by atoms with Gasteiger partial charge in [-0.25, -0.2) is 4.79 Å². The van der Waals surface area contributed by atoms with Crippen LogP contribution in [0.1, 0.15) is 32.4 Å². The number of aliphatic hydroxyl groups is 1. The van der Waals surface area contributed by atoms with Crippen LogP contribution in [0.4, 0.5) is 0 Å². The van der Waals surface area contributed by atoms with E-state index in [1.165, 1.54) is 7.11 Å². The topological polar surface area (TPSA) is 65.0 Å². The van der Waals surface area contributed by atoms with Crippen molar-refractivity contribution in [3.8, 4) is 11.5 Å². The normalized spacial score (nSPS) is 12.1. The van der Waals surface area contributed by atoms with Crippen LogP contribution in [0.3, 0.4) is 0 Å². The summed E-state index contributed by atoms with van der Waals surface area (Å²) in [6.07, 6.45) is -0.760. The molecule has 0 heterocycles. The van der Waals surface area contributed by atoms with E-state index in [4.69, 9.17) is 14.2 Å². The van der Waals surface area contributed by atoms with Crippen LogP contribution in [0, 0.1) is 0 Å². The Morgan fingerprint density at radius 3 is 2.47 bits per heavy atom. The number of carbonyl (C=O) groups excluding carboxylic acids is 1. The van der Waals surface area contributed by atoms with Gasteiger partial charge in [-0.3, -0.25) is 0 Å². The molecule has 1 aromatic rings. The van der Waals surface area contributed by atoms with Crippen LogP contribution in [0.15, 0.2) is 18.2 Å². The number of carbonyl (C=O) groups is 1. The Bertz CT molecular complexity index is 426. The third kappa shape index (κ3) is 4.79. The van der Waals surface area contributed by atoms with Gasteiger partial charge in [0.05, 0.1) is 19.3 Å². The zero-order chi connectivity index (χ0) is 14.4. The van der Waals surface area contributed by atoms with Crippen molar-refractivity contribution in [2.24, 2.45) is 0 Å². The second-order valence-electron chi connectivity index (χ2n) is 4.41. The summed E-state index contributed by atoms with van der Waals surface area (Å²) in [7, 11) is 1.50. The van der Waals surface area contributed by atoms with Gasteiger partial charge in [0.25, 0.3) is 0 Å². The van der Waals surface area contributed by atoms with E-state index in [1.807, 2.05) is 0 Å². The maximum atomic E-state index is 11.4. The molecule has 5 nitrogen and oxygen atoms in total. The van der Waals surface area contributed by atoms with Crippen LogP contribution in [-0.2, 0) is 9.53 Å². The molecular weight excluding hydrogens is 248 g/mol. The molecule has 106 valence electrons. The first-order valence-corrected chi connectivity index (χ1v) is 6.12. The molecule has 0 amide bonds. The van der Waals surface area contributed by atoms with E-state index in [0.717, 1.165) is 0 Å². The highest BCUT2D eigenvalue weighted by atomic mass is 16.6. The van der Waals surface area contributed by atoms with Gasteiger partial charge in [0.1, 0.15) is 0 Å². The lowest BCUT2D eigenvalue weighted by Crippen LogP contribution is -2.18. The van der Waals surface area contributed by atoms with Gasteiger partial charge >= 0.3 is 5.97 Å². The molecule has 0 saturated carbocycles. The van der Waals surface area contributed by atoms with Crippen molar-refractivity contribution in [3.05, 3.63) is 23.8 Å². The summed E-state index contributed by atoms with van der Waals surface area (Å²) in [4.78, 5) is 11.4. The lowest BCUT2D eigenvalue weighted by atomic mass is 10.1. The van der Waals surface area contributed by atoms with E-state index >= 15 is 0 Å². The van der Waals surface area contributed by atoms with E-state index < -0.39 is 12.1 Å². The minimum atomic E-state index is -0.589. The minimum absolute atomic E-state index is 0.171. The molecular formula is C14H20O5. The quantitative estimate of drug-likeness (QED) is 0.800. The fourth-order valence-electron chi connectivity index (χ4n) is 1.50. The summed E-state index contributed by atoms with van der Waals surface area (Å²) in [5, 5.41) is 9.48. The van der Waals surface area contributed by atoms with Gasteiger partial charge in [-0.1, -0.05) is 6.07 Å². The average Bonchev–Trinajstić information content (AvgIpc) is 2.35. The maximum Gasteiger partial charge on any atom is 0.344 e. The predicted octanol–water partition coefficient (Wildman–Crippen LogP) is 2.08. The monoisotopic (exact) mass is 268 g/mol. The highest BCUT2D eigenvalue weighted by Crippen LogP contribution is 2.30. The molecule has 0 aliphatic rings. The predicted molar refractivity (Wildman–Crippen MR) is 70.4 cm³/mol. The molecule has 19 heavy (non-hydrogen) atoms. The SMILES string of the molecule is COc1cc([C@H](C)O)ccc1OCC(=O)OC(C)C. The largest absolute Gasteiger partial charge is 0.493 e. The molecule has 0 saturated heterocycles. The smallest absolute Gasteiger partial charge is 0.344 e. The lowest BCUT2D eigenvalue weighted by Gasteiger charge is -2.13. The number of ether oxygens (including phenoxy) is 3. The zero-order valence-electron chi connectivity index (χ0n) is 11.7. The summed E-state index contributed by atoms with van der Waals surface area (Å²) in [6, 6.07) is 5.05. The third-order valence-corrected chi connectivity index (χ3v) is 2.38. The number of aliphatic hydroxyl groups excluding tert-OH is 1. The first-order valence-electron chi connectivity index (χ1n) is 6.12. The Morgan fingerprint density at radius 1 is 1.26 bits per heavy atom. The Labute approximate surface area is 113 Å². The first kappa shape index (κ1) is 15.3. The molecule has 0 aliphatic carbocycles. The van der Waals surface area contributed by atoms with E-state index in [0.29, 0.717) is 17.1 Å². The average molecular weight is 268 g/mol. The number of rotatable bonds is 6. The van der Waals surface area contributed by atoms with Gasteiger partial charge < -0.3 is 19.3 Å². The third-order valence-electron chi connectivity index (χ3n) is 2.38. The van der Waals surface area contributed by atoms with Crippen LogP contribution in [0.25, 0.3) is 0 Å². The van der Waals surface area contributed by atoms with Crippen molar-refractivity contribution in [1.82, 2.24) is 0 Å². The maximum absolute atomic E-state index is 11.4. The van der Waals surface area contributed by atoms with Crippen LogP contribution in [-0.4, -0.2) is 30.9 Å². The Balaban J connectivity index is 2.70. The van der Waals surface area contributed by atoms with Crippen molar-refractivity contribution in [2.45, 2.75) is 33.0 Å².